The van der Waals surface area contributed by atoms with Gasteiger partial charge in [0.15, 0.2) is 0 Å². The van der Waals surface area contributed by atoms with Gasteiger partial charge in [0.05, 0.1) is 0 Å². The van der Waals surface area contributed by atoms with Gasteiger partial charge in [0, 0.05) is 18.2 Å². The Labute approximate surface area is 122 Å². The average Bonchev–Trinajstić information content (AvgIpc) is 2.73. The molecule has 2 rings (SSSR count). The normalized spacial score (nSPS) is 18.7. The molecule has 112 valence electrons. The molecule has 2 nitrogen and oxygen atoms in total. The number of hydrogen-bond donors (Lipinski definition) is 1. The van der Waals surface area contributed by atoms with E-state index >= 15 is 0 Å². The van der Waals surface area contributed by atoms with Gasteiger partial charge >= 0.3 is 0 Å². The summed E-state index contributed by atoms with van der Waals surface area (Å²) in [6, 6.07) is 7.29. The Kier molecular flexibility index (Phi) is 6.48. The van der Waals surface area contributed by atoms with E-state index in [0.717, 1.165) is 38.2 Å². The number of nitrogens with zero attached hydrogens (tertiary/aromatic N) is 1. The monoisotopic (exact) mass is 278 g/mol. The molecule has 20 heavy (non-hydrogen) atoms. The van der Waals surface area contributed by atoms with Crippen molar-refractivity contribution < 1.29 is 4.39 Å². The lowest BCUT2D eigenvalue weighted by Gasteiger charge is -2.27. The van der Waals surface area contributed by atoms with E-state index in [1.165, 1.54) is 25.7 Å². The van der Waals surface area contributed by atoms with Crippen LogP contribution in [0.25, 0.3) is 0 Å². The molecule has 1 N–H and O–H groups in total. The predicted octanol–water partition coefficient (Wildman–Crippen LogP) is 3.74. The molecule has 1 saturated heterocycles. The fourth-order valence-corrected chi connectivity index (χ4v) is 2.93. The maximum atomic E-state index is 14.0. The highest BCUT2D eigenvalue weighted by Gasteiger charge is 2.19. The van der Waals surface area contributed by atoms with Crippen molar-refractivity contribution in [3.63, 3.8) is 0 Å². The van der Waals surface area contributed by atoms with Gasteiger partial charge in [-0.3, -0.25) is 0 Å². The van der Waals surface area contributed by atoms with Crippen LogP contribution in [0.3, 0.4) is 0 Å². The molecule has 0 bridgehead atoms. The molecule has 1 unspecified atom stereocenters. The van der Waals surface area contributed by atoms with E-state index in [1.807, 2.05) is 12.1 Å². The smallest absolute Gasteiger partial charge is 0.128 e. The largest absolute Gasteiger partial charge is 0.309 e. The minimum absolute atomic E-state index is 0.0871. The fourth-order valence-electron chi connectivity index (χ4n) is 2.93. The first-order valence-corrected chi connectivity index (χ1v) is 8.01. The van der Waals surface area contributed by atoms with Crippen LogP contribution in [0.1, 0.15) is 50.6 Å². The Morgan fingerprint density at radius 1 is 1.15 bits per heavy atom. The molecule has 0 amide bonds. The molecule has 0 aromatic heterocycles. The first kappa shape index (κ1) is 15.5. The van der Waals surface area contributed by atoms with Crippen molar-refractivity contribution in [2.75, 3.05) is 26.2 Å². The second-order valence-electron chi connectivity index (χ2n) is 5.74. The van der Waals surface area contributed by atoms with Crippen LogP contribution in [-0.4, -0.2) is 31.1 Å². The van der Waals surface area contributed by atoms with Crippen LogP contribution in [0, 0.1) is 5.82 Å². The van der Waals surface area contributed by atoms with E-state index in [2.05, 4.69) is 17.1 Å². The highest BCUT2D eigenvalue weighted by Crippen LogP contribution is 2.20. The summed E-state index contributed by atoms with van der Waals surface area (Å²) in [5.41, 5.74) is 0.810. The molecule has 1 aliphatic rings. The quantitative estimate of drug-likeness (QED) is 0.852. The zero-order chi connectivity index (χ0) is 14.2. The number of likely N-dealkylation sites (tertiary alicyclic amines) is 1. The number of benzene rings is 1. The van der Waals surface area contributed by atoms with Crippen molar-refractivity contribution in [1.82, 2.24) is 10.2 Å². The highest BCUT2D eigenvalue weighted by atomic mass is 19.1. The number of rotatable bonds is 6. The van der Waals surface area contributed by atoms with E-state index in [1.54, 1.807) is 12.1 Å². The molecule has 1 heterocycles. The van der Waals surface area contributed by atoms with Crippen molar-refractivity contribution in [1.29, 1.82) is 0 Å². The van der Waals surface area contributed by atoms with E-state index in [0.29, 0.717) is 0 Å². The van der Waals surface area contributed by atoms with Gasteiger partial charge in [-0.05, 0) is 45.0 Å². The molecular weight excluding hydrogens is 251 g/mol. The second kappa shape index (κ2) is 8.38. The summed E-state index contributed by atoms with van der Waals surface area (Å²) < 4.78 is 14.0. The molecule has 1 aliphatic heterocycles. The summed E-state index contributed by atoms with van der Waals surface area (Å²) in [7, 11) is 0. The number of nitrogens with one attached hydrogen (secondary N) is 1. The average molecular weight is 278 g/mol. The SMILES string of the molecule is CCCNC(CN1CCCCCC1)c1ccccc1F. The van der Waals surface area contributed by atoms with Crippen molar-refractivity contribution in [2.45, 2.75) is 45.1 Å². The van der Waals surface area contributed by atoms with Crippen molar-refractivity contribution in [2.24, 2.45) is 0 Å². The van der Waals surface area contributed by atoms with Crippen molar-refractivity contribution in [3.8, 4) is 0 Å². The van der Waals surface area contributed by atoms with Gasteiger partial charge < -0.3 is 10.2 Å². The Hall–Kier alpha value is -0.930. The summed E-state index contributed by atoms with van der Waals surface area (Å²) in [5.74, 6) is -0.0871. The topological polar surface area (TPSA) is 15.3 Å². The van der Waals surface area contributed by atoms with Gasteiger partial charge in [0.2, 0.25) is 0 Å². The van der Waals surface area contributed by atoms with Crippen LogP contribution in [-0.2, 0) is 0 Å². The third-order valence-electron chi connectivity index (χ3n) is 4.06. The summed E-state index contributed by atoms with van der Waals surface area (Å²) >= 11 is 0. The molecular formula is C17H27FN2. The number of halogens is 1. The van der Waals surface area contributed by atoms with Crippen LogP contribution in [0.4, 0.5) is 4.39 Å². The molecule has 0 spiro atoms. The zero-order valence-corrected chi connectivity index (χ0v) is 12.6. The first-order chi connectivity index (χ1) is 9.81. The van der Waals surface area contributed by atoms with Crippen LogP contribution in [0.5, 0.6) is 0 Å². The molecule has 1 atom stereocenters. The molecule has 0 saturated carbocycles. The van der Waals surface area contributed by atoms with Crippen LogP contribution >= 0.6 is 0 Å². The predicted molar refractivity (Wildman–Crippen MR) is 82.3 cm³/mol. The molecule has 3 heteroatoms. The highest BCUT2D eigenvalue weighted by molar-refractivity contribution is 5.21. The van der Waals surface area contributed by atoms with Gasteiger partial charge in [-0.1, -0.05) is 38.0 Å². The van der Waals surface area contributed by atoms with Gasteiger partial charge in [-0.25, -0.2) is 4.39 Å². The maximum Gasteiger partial charge on any atom is 0.128 e. The maximum absolute atomic E-state index is 14.0. The van der Waals surface area contributed by atoms with Crippen LogP contribution in [0.15, 0.2) is 24.3 Å². The van der Waals surface area contributed by atoms with Crippen molar-refractivity contribution >= 4 is 0 Å². The third-order valence-corrected chi connectivity index (χ3v) is 4.06. The fraction of sp³-hybridized carbons (Fsp3) is 0.647. The summed E-state index contributed by atoms with van der Waals surface area (Å²) in [6.45, 7) is 6.31. The molecule has 1 aromatic carbocycles. The van der Waals surface area contributed by atoms with Crippen LogP contribution in [0.2, 0.25) is 0 Å². The third kappa shape index (κ3) is 4.57. The van der Waals surface area contributed by atoms with Crippen molar-refractivity contribution in [3.05, 3.63) is 35.6 Å². The Morgan fingerprint density at radius 3 is 2.50 bits per heavy atom. The van der Waals surface area contributed by atoms with Gasteiger partial charge in [0.25, 0.3) is 0 Å². The molecule has 0 radical (unpaired) electrons. The Morgan fingerprint density at radius 2 is 1.85 bits per heavy atom. The lowest BCUT2D eigenvalue weighted by atomic mass is 10.1. The number of hydrogen-bond acceptors (Lipinski definition) is 2. The summed E-state index contributed by atoms with van der Waals surface area (Å²) in [4.78, 5) is 2.49. The second-order valence-corrected chi connectivity index (χ2v) is 5.74. The van der Waals surface area contributed by atoms with E-state index in [-0.39, 0.29) is 11.9 Å². The van der Waals surface area contributed by atoms with Gasteiger partial charge in [-0.15, -0.1) is 0 Å². The molecule has 1 fully saturated rings. The molecule has 1 aromatic rings. The zero-order valence-electron chi connectivity index (χ0n) is 12.6. The van der Waals surface area contributed by atoms with Gasteiger partial charge in [0.1, 0.15) is 5.82 Å². The van der Waals surface area contributed by atoms with Crippen LogP contribution < -0.4 is 5.32 Å². The Bertz CT molecular complexity index is 386. The van der Waals surface area contributed by atoms with E-state index in [9.17, 15) is 4.39 Å². The van der Waals surface area contributed by atoms with E-state index < -0.39 is 0 Å². The van der Waals surface area contributed by atoms with Gasteiger partial charge in [-0.2, -0.15) is 0 Å². The molecule has 0 aliphatic carbocycles. The lowest BCUT2D eigenvalue weighted by molar-refractivity contribution is 0.249. The minimum Gasteiger partial charge on any atom is -0.309 e. The standard InChI is InChI=1S/C17H27FN2/c1-2-11-19-17(15-9-5-6-10-16(15)18)14-20-12-7-3-4-8-13-20/h5-6,9-10,17,19H,2-4,7-8,11-14H2,1H3. The lowest BCUT2D eigenvalue weighted by Crippen LogP contribution is -2.36. The minimum atomic E-state index is -0.0871. The summed E-state index contributed by atoms with van der Waals surface area (Å²) in [6.07, 6.45) is 6.30. The summed E-state index contributed by atoms with van der Waals surface area (Å²) in [5, 5.41) is 3.51. The van der Waals surface area contributed by atoms with E-state index in [4.69, 9.17) is 0 Å². The first-order valence-electron chi connectivity index (χ1n) is 8.01. The Balaban J connectivity index is 2.04.